The van der Waals surface area contributed by atoms with Crippen molar-refractivity contribution in [1.29, 1.82) is 0 Å². The highest BCUT2D eigenvalue weighted by atomic mass is 17.2. The number of rotatable bonds is 9. The van der Waals surface area contributed by atoms with Crippen molar-refractivity contribution in [2.75, 3.05) is 13.7 Å². The minimum Gasteiger partial charge on any atom is -0.496 e. The molecule has 0 fully saturated rings. The summed E-state index contributed by atoms with van der Waals surface area (Å²) in [5.41, 5.74) is 0.363. The van der Waals surface area contributed by atoms with Crippen LogP contribution in [0.5, 0.6) is 5.75 Å². The lowest BCUT2D eigenvalue weighted by Crippen LogP contribution is -2.08. The number of carbonyl (C=O) groups excluding carboxylic acids is 1. The van der Waals surface area contributed by atoms with Crippen molar-refractivity contribution in [2.24, 2.45) is 0 Å². The maximum atomic E-state index is 11.7. The van der Waals surface area contributed by atoms with Gasteiger partial charge >= 0.3 is 5.97 Å². The van der Waals surface area contributed by atoms with Crippen LogP contribution in [-0.4, -0.2) is 19.7 Å². The zero-order chi connectivity index (χ0) is 13.9. The van der Waals surface area contributed by atoms with Crippen molar-refractivity contribution >= 4 is 5.97 Å². The Kier molecular flexibility index (Phi) is 7.66. The van der Waals surface area contributed by atoms with E-state index in [-0.39, 0.29) is 0 Å². The Morgan fingerprint density at radius 2 is 1.89 bits per heavy atom. The number of unbranched alkanes of at least 4 members (excludes halogenated alkanes) is 4. The predicted molar refractivity (Wildman–Crippen MR) is 72.8 cm³/mol. The number of methoxy groups -OCH3 is 1. The summed E-state index contributed by atoms with van der Waals surface area (Å²) in [5.74, 6) is -0.0539. The lowest BCUT2D eigenvalue weighted by molar-refractivity contribution is -0.241. The Bertz CT molecular complexity index is 376. The van der Waals surface area contributed by atoms with E-state index in [1.54, 1.807) is 24.3 Å². The Morgan fingerprint density at radius 3 is 2.63 bits per heavy atom. The Hall–Kier alpha value is -1.55. The van der Waals surface area contributed by atoms with Crippen molar-refractivity contribution in [2.45, 2.75) is 32.1 Å². The first kappa shape index (κ1) is 15.5. The average molecular weight is 265 g/mol. The van der Waals surface area contributed by atoms with Crippen molar-refractivity contribution in [3.05, 3.63) is 36.8 Å². The van der Waals surface area contributed by atoms with E-state index in [4.69, 9.17) is 14.5 Å². The number of para-hydroxylation sites is 1. The molecular weight excluding hydrogens is 244 g/mol. The van der Waals surface area contributed by atoms with Crippen molar-refractivity contribution in [3.8, 4) is 5.75 Å². The van der Waals surface area contributed by atoms with Gasteiger partial charge in [-0.2, -0.15) is 4.89 Å². The fourth-order valence-electron chi connectivity index (χ4n) is 1.64. The van der Waals surface area contributed by atoms with Crippen LogP contribution in [0.3, 0.4) is 0 Å². The summed E-state index contributed by atoms with van der Waals surface area (Å²) in [4.78, 5) is 21.4. The van der Waals surface area contributed by atoms with Gasteiger partial charge in [-0.05, 0) is 18.6 Å². The van der Waals surface area contributed by atoms with Crippen LogP contribution in [0.25, 0.3) is 0 Å². The van der Waals surface area contributed by atoms with Gasteiger partial charge in [-0.1, -0.05) is 44.7 Å². The molecule has 0 atom stereocenters. The highest BCUT2D eigenvalue weighted by molar-refractivity contribution is 5.92. The average Bonchev–Trinajstić information content (AvgIpc) is 2.46. The number of hydrogen-bond donors (Lipinski definition) is 0. The van der Waals surface area contributed by atoms with E-state index in [9.17, 15) is 4.79 Å². The molecule has 0 aliphatic heterocycles. The van der Waals surface area contributed by atoms with E-state index in [1.165, 1.54) is 7.11 Å². The second-order valence-corrected chi connectivity index (χ2v) is 4.16. The van der Waals surface area contributed by atoms with Gasteiger partial charge in [0, 0.05) is 0 Å². The summed E-state index contributed by atoms with van der Waals surface area (Å²) in [6.45, 7) is 4.20. The molecule has 0 heterocycles. The van der Waals surface area contributed by atoms with Crippen molar-refractivity contribution in [3.63, 3.8) is 0 Å². The van der Waals surface area contributed by atoms with E-state index in [0.717, 1.165) is 32.1 Å². The Labute approximate surface area is 114 Å². The molecule has 105 valence electrons. The van der Waals surface area contributed by atoms with Crippen LogP contribution in [-0.2, 0) is 9.78 Å². The predicted octanol–water partition coefficient (Wildman–Crippen LogP) is 3.57. The molecule has 0 bridgehead atoms. The van der Waals surface area contributed by atoms with E-state index in [0.29, 0.717) is 17.9 Å². The zero-order valence-electron chi connectivity index (χ0n) is 11.4. The fraction of sp³-hybridized carbons (Fsp3) is 0.467. The number of carbonyl (C=O) groups is 1. The number of hydrogen-bond acceptors (Lipinski definition) is 4. The highest BCUT2D eigenvalue weighted by Crippen LogP contribution is 2.18. The molecule has 1 aromatic rings. The van der Waals surface area contributed by atoms with Gasteiger partial charge in [0.1, 0.15) is 11.3 Å². The van der Waals surface area contributed by atoms with Gasteiger partial charge in [0.15, 0.2) is 0 Å². The highest BCUT2D eigenvalue weighted by Gasteiger charge is 2.13. The molecule has 0 amide bonds. The standard InChI is InChI=1S/C15H21O4/c1-3-4-5-6-9-12-18-19-15(16)13-10-7-8-11-14(13)17-2/h7-8,10-11H,1,3-6,9,12H2,2H3. The summed E-state index contributed by atoms with van der Waals surface area (Å²) in [6.07, 6.45) is 5.15. The molecule has 0 spiro atoms. The molecule has 4 nitrogen and oxygen atoms in total. The van der Waals surface area contributed by atoms with Gasteiger partial charge in [-0.25, -0.2) is 4.79 Å². The molecule has 0 aliphatic rings. The van der Waals surface area contributed by atoms with E-state index in [2.05, 4.69) is 6.92 Å². The van der Waals surface area contributed by atoms with Crippen LogP contribution in [0.15, 0.2) is 24.3 Å². The van der Waals surface area contributed by atoms with Gasteiger partial charge in [0.2, 0.25) is 0 Å². The summed E-state index contributed by atoms with van der Waals surface area (Å²) in [6, 6.07) is 6.88. The smallest absolute Gasteiger partial charge is 0.376 e. The van der Waals surface area contributed by atoms with Gasteiger partial charge in [0.25, 0.3) is 0 Å². The third kappa shape index (κ3) is 5.75. The first-order valence-electron chi connectivity index (χ1n) is 6.55. The minimum atomic E-state index is -0.532. The van der Waals surface area contributed by atoms with Crippen molar-refractivity contribution in [1.82, 2.24) is 0 Å². The number of ether oxygens (including phenoxy) is 1. The monoisotopic (exact) mass is 265 g/mol. The molecular formula is C15H21O4. The Morgan fingerprint density at radius 1 is 1.16 bits per heavy atom. The molecule has 1 aromatic carbocycles. The quantitative estimate of drug-likeness (QED) is 0.389. The van der Waals surface area contributed by atoms with Gasteiger partial charge in [0.05, 0.1) is 13.7 Å². The largest absolute Gasteiger partial charge is 0.496 e. The summed E-state index contributed by atoms with van der Waals surface area (Å²) >= 11 is 0. The molecule has 1 radical (unpaired) electrons. The normalized spacial score (nSPS) is 10.2. The molecule has 0 aromatic heterocycles. The second kappa shape index (κ2) is 9.39. The first-order chi connectivity index (χ1) is 9.29. The number of benzene rings is 1. The molecule has 0 saturated carbocycles. The summed E-state index contributed by atoms with van der Waals surface area (Å²) < 4.78 is 5.08. The van der Waals surface area contributed by atoms with Crippen LogP contribution >= 0.6 is 0 Å². The van der Waals surface area contributed by atoms with E-state index in [1.807, 2.05) is 0 Å². The van der Waals surface area contributed by atoms with Crippen LogP contribution < -0.4 is 4.74 Å². The van der Waals surface area contributed by atoms with E-state index >= 15 is 0 Å². The minimum absolute atomic E-state index is 0.363. The second-order valence-electron chi connectivity index (χ2n) is 4.16. The molecule has 0 unspecified atom stereocenters. The maximum absolute atomic E-state index is 11.7. The summed E-state index contributed by atoms with van der Waals surface area (Å²) in [5, 5.41) is 0. The van der Waals surface area contributed by atoms with Crippen molar-refractivity contribution < 1.29 is 19.3 Å². The van der Waals surface area contributed by atoms with Crippen LogP contribution in [0.4, 0.5) is 0 Å². The van der Waals surface area contributed by atoms with E-state index < -0.39 is 5.97 Å². The molecule has 4 heteroatoms. The van der Waals surface area contributed by atoms with Crippen LogP contribution in [0.1, 0.15) is 42.5 Å². The van der Waals surface area contributed by atoms with Crippen LogP contribution in [0.2, 0.25) is 0 Å². The lowest BCUT2D eigenvalue weighted by atomic mass is 10.2. The fourth-order valence-corrected chi connectivity index (χ4v) is 1.64. The van der Waals surface area contributed by atoms with Gasteiger partial charge in [-0.15, -0.1) is 0 Å². The lowest BCUT2D eigenvalue weighted by Gasteiger charge is -2.07. The topological polar surface area (TPSA) is 44.8 Å². The molecule has 1 rings (SSSR count). The van der Waals surface area contributed by atoms with Gasteiger partial charge in [-0.3, -0.25) is 4.89 Å². The van der Waals surface area contributed by atoms with Gasteiger partial charge < -0.3 is 4.74 Å². The first-order valence-corrected chi connectivity index (χ1v) is 6.55. The molecule has 19 heavy (non-hydrogen) atoms. The third-order valence-corrected chi connectivity index (χ3v) is 2.69. The maximum Gasteiger partial charge on any atom is 0.376 e. The molecule has 0 saturated heterocycles. The Balaban J connectivity index is 2.24. The third-order valence-electron chi connectivity index (χ3n) is 2.69. The summed E-state index contributed by atoms with van der Waals surface area (Å²) in [7, 11) is 1.51. The molecule has 0 N–H and O–H groups in total. The molecule has 0 aliphatic carbocycles. The van der Waals surface area contributed by atoms with Crippen LogP contribution in [0, 0.1) is 6.92 Å². The SMILES string of the molecule is [CH2]CCCCCCOOC(=O)c1ccccc1OC. The zero-order valence-corrected chi connectivity index (χ0v) is 11.4.